The lowest BCUT2D eigenvalue weighted by atomic mass is 10.1. The van der Waals surface area contributed by atoms with Gasteiger partial charge in [0, 0.05) is 12.2 Å². The molecule has 0 saturated carbocycles. The predicted octanol–water partition coefficient (Wildman–Crippen LogP) is 4.23. The minimum absolute atomic E-state index is 0.184. The highest BCUT2D eigenvalue weighted by Gasteiger charge is 2.10. The van der Waals surface area contributed by atoms with Crippen molar-refractivity contribution in [1.29, 1.82) is 0 Å². The van der Waals surface area contributed by atoms with Crippen LogP contribution in [0.2, 0.25) is 0 Å². The lowest BCUT2D eigenvalue weighted by molar-refractivity contribution is 0.627. The standard InChI is InChI=1S/C17H18FN/c1-12-7-16(18)10-17(8-12)19-11-13-5-6-14-3-2-4-15(14)9-13/h5-10,19H,2-4,11H2,1H3. The van der Waals surface area contributed by atoms with Crippen molar-refractivity contribution in [3.05, 3.63) is 64.5 Å². The first-order chi connectivity index (χ1) is 9.20. The number of benzene rings is 2. The van der Waals surface area contributed by atoms with Crippen LogP contribution in [-0.4, -0.2) is 0 Å². The smallest absolute Gasteiger partial charge is 0.125 e. The van der Waals surface area contributed by atoms with Crippen molar-refractivity contribution in [2.24, 2.45) is 0 Å². The molecule has 0 atom stereocenters. The first kappa shape index (κ1) is 12.2. The third kappa shape index (κ3) is 2.78. The summed E-state index contributed by atoms with van der Waals surface area (Å²) in [5.74, 6) is -0.184. The lowest BCUT2D eigenvalue weighted by Gasteiger charge is -2.09. The molecule has 0 fully saturated rings. The molecule has 1 nitrogen and oxygen atoms in total. The van der Waals surface area contributed by atoms with Crippen molar-refractivity contribution in [3.63, 3.8) is 0 Å². The lowest BCUT2D eigenvalue weighted by Crippen LogP contribution is -2.01. The molecule has 3 rings (SSSR count). The Balaban J connectivity index is 1.72. The Labute approximate surface area is 113 Å². The molecule has 0 aromatic heterocycles. The maximum absolute atomic E-state index is 13.3. The second-order valence-corrected chi connectivity index (χ2v) is 5.33. The molecule has 0 bridgehead atoms. The molecule has 1 aliphatic rings. The highest BCUT2D eigenvalue weighted by Crippen LogP contribution is 2.23. The molecule has 2 aromatic rings. The Kier molecular flexibility index (Phi) is 3.24. The summed E-state index contributed by atoms with van der Waals surface area (Å²) in [5.41, 5.74) is 6.03. The van der Waals surface area contributed by atoms with Crippen molar-refractivity contribution in [2.75, 3.05) is 5.32 Å². The molecular weight excluding hydrogens is 237 g/mol. The molecule has 0 spiro atoms. The average Bonchev–Trinajstić information content (AvgIpc) is 2.82. The number of anilines is 1. The first-order valence-corrected chi connectivity index (χ1v) is 6.82. The molecule has 0 aliphatic heterocycles. The summed E-state index contributed by atoms with van der Waals surface area (Å²) >= 11 is 0. The summed E-state index contributed by atoms with van der Waals surface area (Å²) in [5, 5.41) is 3.29. The van der Waals surface area contributed by atoms with Gasteiger partial charge in [-0.15, -0.1) is 0 Å². The van der Waals surface area contributed by atoms with Crippen molar-refractivity contribution in [3.8, 4) is 0 Å². The summed E-state index contributed by atoms with van der Waals surface area (Å²) in [6.45, 7) is 2.65. The van der Waals surface area contributed by atoms with E-state index in [0.29, 0.717) is 0 Å². The Morgan fingerprint density at radius 3 is 2.74 bits per heavy atom. The molecule has 1 N–H and O–H groups in total. The van der Waals surface area contributed by atoms with Gasteiger partial charge in [-0.1, -0.05) is 18.2 Å². The minimum atomic E-state index is -0.184. The van der Waals surface area contributed by atoms with Gasteiger partial charge < -0.3 is 5.32 Å². The van der Waals surface area contributed by atoms with E-state index < -0.39 is 0 Å². The van der Waals surface area contributed by atoms with E-state index in [4.69, 9.17) is 0 Å². The van der Waals surface area contributed by atoms with E-state index in [9.17, 15) is 4.39 Å². The zero-order valence-electron chi connectivity index (χ0n) is 11.2. The van der Waals surface area contributed by atoms with E-state index in [-0.39, 0.29) is 5.82 Å². The summed E-state index contributed by atoms with van der Waals surface area (Å²) in [6.07, 6.45) is 3.68. The summed E-state index contributed by atoms with van der Waals surface area (Å²) in [4.78, 5) is 0. The average molecular weight is 255 g/mol. The van der Waals surface area contributed by atoms with Crippen LogP contribution in [0.4, 0.5) is 10.1 Å². The topological polar surface area (TPSA) is 12.0 Å². The van der Waals surface area contributed by atoms with Gasteiger partial charge in [0.1, 0.15) is 5.82 Å². The van der Waals surface area contributed by atoms with E-state index in [1.807, 2.05) is 13.0 Å². The molecule has 1 aliphatic carbocycles. The van der Waals surface area contributed by atoms with Gasteiger partial charge in [-0.3, -0.25) is 0 Å². The van der Waals surface area contributed by atoms with Crippen molar-refractivity contribution in [1.82, 2.24) is 0 Å². The number of aryl methyl sites for hydroxylation is 3. The molecule has 0 amide bonds. The number of nitrogens with one attached hydrogen (secondary N) is 1. The van der Waals surface area contributed by atoms with Gasteiger partial charge in [0.15, 0.2) is 0 Å². The number of hydrogen-bond acceptors (Lipinski definition) is 1. The van der Waals surface area contributed by atoms with Crippen LogP contribution in [0.3, 0.4) is 0 Å². The first-order valence-electron chi connectivity index (χ1n) is 6.82. The molecular formula is C17H18FN. The number of halogens is 1. The van der Waals surface area contributed by atoms with Gasteiger partial charge in [0.25, 0.3) is 0 Å². The monoisotopic (exact) mass is 255 g/mol. The molecule has 0 radical (unpaired) electrons. The third-order valence-electron chi connectivity index (χ3n) is 3.70. The molecule has 19 heavy (non-hydrogen) atoms. The van der Waals surface area contributed by atoms with Crippen LogP contribution in [0, 0.1) is 12.7 Å². The highest BCUT2D eigenvalue weighted by molar-refractivity contribution is 5.47. The van der Waals surface area contributed by atoms with Crippen molar-refractivity contribution >= 4 is 5.69 Å². The molecule has 0 unspecified atom stereocenters. The van der Waals surface area contributed by atoms with Gasteiger partial charge in [0.05, 0.1) is 0 Å². The number of fused-ring (bicyclic) bond motifs is 1. The Morgan fingerprint density at radius 1 is 1.05 bits per heavy atom. The SMILES string of the molecule is Cc1cc(F)cc(NCc2ccc3c(c2)CCC3)c1. The van der Waals surface area contributed by atoms with Gasteiger partial charge in [0.2, 0.25) is 0 Å². The Hall–Kier alpha value is -1.83. The van der Waals surface area contributed by atoms with E-state index in [0.717, 1.165) is 17.8 Å². The summed E-state index contributed by atoms with van der Waals surface area (Å²) in [6, 6.07) is 11.7. The highest BCUT2D eigenvalue weighted by atomic mass is 19.1. The molecule has 0 heterocycles. The predicted molar refractivity (Wildman–Crippen MR) is 76.9 cm³/mol. The van der Waals surface area contributed by atoms with Crippen LogP contribution in [0.5, 0.6) is 0 Å². The van der Waals surface area contributed by atoms with E-state index in [1.165, 1.54) is 36.0 Å². The maximum Gasteiger partial charge on any atom is 0.125 e. The summed E-state index contributed by atoms with van der Waals surface area (Å²) < 4.78 is 13.3. The van der Waals surface area contributed by atoms with Crippen LogP contribution >= 0.6 is 0 Å². The van der Waals surface area contributed by atoms with Crippen molar-refractivity contribution in [2.45, 2.75) is 32.7 Å². The zero-order chi connectivity index (χ0) is 13.2. The third-order valence-corrected chi connectivity index (χ3v) is 3.70. The second kappa shape index (κ2) is 5.04. The van der Waals surface area contributed by atoms with Gasteiger partial charge in [-0.05, 0) is 66.6 Å². The van der Waals surface area contributed by atoms with Crippen LogP contribution in [-0.2, 0) is 19.4 Å². The van der Waals surface area contributed by atoms with Crippen LogP contribution in [0.25, 0.3) is 0 Å². The zero-order valence-corrected chi connectivity index (χ0v) is 11.2. The molecule has 2 heteroatoms. The second-order valence-electron chi connectivity index (χ2n) is 5.33. The largest absolute Gasteiger partial charge is 0.381 e. The van der Waals surface area contributed by atoms with Crippen LogP contribution in [0.1, 0.15) is 28.7 Å². The quantitative estimate of drug-likeness (QED) is 0.865. The van der Waals surface area contributed by atoms with E-state index >= 15 is 0 Å². The minimum Gasteiger partial charge on any atom is -0.381 e. The molecule has 98 valence electrons. The van der Waals surface area contributed by atoms with Crippen molar-refractivity contribution < 1.29 is 4.39 Å². The fourth-order valence-electron chi connectivity index (χ4n) is 2.78. The fraction of sp³-hybridized carbons (Fsp3) is 0.294. The molecule has 2 aromatic carbocycles. The maximum atomic E-state index is 13.3. The van der Waals surface area contributed by atoms with Crippen LogP contribution in [0.15, 0.2) is 36.4 Å². The normalized spacial score (nSPS) is 13.4. The molecule has 0 saturated heterocycles. The number of hydrogen-bond donors (Lipinski definition) is 1. The fourth-order valence-corrected chi connectivity index (χ4v) is 2.78. The van der Waals surface area contributed by atoms with Gasteiger partial charge >= 0.3 is 0 Å². The Morgan fingerprint density at radius 2 is 1.89 bits per heavy atom. The van der Waals surface area contributed by atoms with Crippen LogP contribution < -0.4 is 5.32 Å². The van der Waals surface area contributed by atoms with Gasteiger partial charge in [-0.25, -0.2) is 4.39 Å². The van der Waals surface area contributed by atoms with E-state index in [2.05, 4.69) is 23.5 Å². The number of rotatable bonds is 3. The Bertz CT molecular complexity index is 584. The summed E-state index contributed by atoms with van der Waals surface area (Å²) in [7, 11) is 0. The van der Waals surface area contributed by atoms with Gasteiger partial charge in [-0.2, -0.15) is 0 Å². The van der Waals surface area contributed by atoms with E-state index in [1.54, 1.807) is 12.1 Å².